The molecule has 0 saturated heterocycles. The van der Waals surface area contributed by atoms with Gasteiger partial charge < -0.3 is 19.4 Å². The molecule has 0 bridgehead atoms. The number of nitrogens with zero attached hydrogens (tertiary/aromatic N) is 4. The Morgan fingerprint density at radius 2 is 2.04 bits per heavy atom. The molecule has 9 heteroatoms. The Morgan fingerprint density at radius 1 is 1.18 bits per heavy atom. The fraction of sp³-hybridized carbons (Fsp3) is 0.158. The summed E-state index contributed by atoms with van der Waals surface area (Å²) in [5.74, 6) is 0.708. The van der Waals surface area contributed by atoms with Crippen LogP contribution in [0.5, 0.6) is 11.5 Å². The van der Waals surface area contributed by atoms with Gasteiger partial charge in [0.15, 0.2) is 5.65 Å². The highest BCUT2D eigenvalue weighted by Gasteiger charge is 2.12. The monoisotopic (exact) mass is 379 g/mol. The Morgan fingerprint density at radius 3 is 2.82 bits per heavy atom. The SMILES string of the molecule is COc1ccc(NC(=O)Cn2ccc3c(cnc4ccnn43)c2=O)c(OC)c1. The van der Waals surface area contributed by atoms with E-state index in [1.54, 1.807) is 54.4 Å². The number of benzene rings is 1. The molecule has 0 aliphatic heterocycles. The van der Waals surface area contributed by atoms with Crippen LogP contribution in [0.1, 0.15) is 0 Å². The number of aromatic nitrogens is 4. The molecule has 4 aromatic rings. The van der Waals surface area contributed by atoms with E-state index in [9.17, 15) is 9.59 Å². The summed E-state index contributed by atoms with van der Waals surface area (Å²) in [6, 6.07) is 8.54. The predicted molar refractivity (Wildman–Crippen MR) is 103 cm³/mol. The lowest BCUT2D eigenvalue weighted by molar-refractivity contribution is -0.116. The molecule has 1 amide bonds. The third-order valence-corrected chi connectivity index (χ3v) is 4.35. The van der Waals surface area contributed by atoms with E-state index in [2.05, 4.69) is 15.4 Å². The summed E-state index contributed by atoms with van der Waals surface area (Å²) < 4.78 is 13.3. The van der Waals surface area contributed by atoms with Crippen molar-refractivity contribution in [1.82, 2.24) is 19.2 Å². The maximum Gasteiger partial charge on any atom is 0.262 e. The topological polar surface area (TPSA) is 99.7 Å². The lowest BCUT2D eigenvalue weighted by Crippen LogP contribution is -2.27. The van der Waals surface area contributed by atoms with Crippen LogP contribution in [0.15, 0.2) is 53.7 Å². The van der Waals surface area contributed by atoms with E-state index in [-0.39, 0.29) is 18.0 Å². The summed E-state index contributed by atoms with van der Waals surface area (Å²) in [7, 11) is 3.05. The van der Waals surface area contributed by atoms with Crippen molar-refractivity contribution in [2.24, 2.45) is 0 Å². The molecule has 0 aliphatic carbocycles. The van der Waals surface area contributed by atoms with Gasteiger partial charge in [0.1, 0.15) is 18.0 Å². The summed E-state index contributed by atoms with van der Waals surface area (Å²) in [6.45, 7) is -0.152. The average Bonchev–Trinajstić information content (AvgIpc) is 3.19. The van der Waals surface area contributed by atoms with Crippen molar-refractivity contribution in [2.75, 3.05) is 19.5 Å². The van der Waals surface area contributed by atoms with Crippen LogP contribution in [0.25, 0.3) is 16.6 Å². The molecule has 1 aromatic carbocycles. The largest absolute Gasteiger partial charge is 0.497 e. The lowest BCUT2D eigenvalue weighted by atomic mass is 10.2. The minimum atomic E-state index is -0.363. The Kier molecular flexibility index (Phi) is 4.40. The zero-order valence-corrected chi connectivity index (χ0v) is 15.2. The molecule has 9 nitrogen and oxygen atoms in total. The van der Waals surface area contributed by atoms with Crippen LogP contribution in [-0.2, 0) is 11.3 Å². The zero-order valence-electron chi connectivity index (χ0n) is 15.2. The Hall–Kier alpha value is -3.88. The second-order valence-corrected chi connectivity index (χ2v) is 6.02. The molecular weight excluding hydrogens is 362 g/mol. The number of pyridine rings is 1. The van der Waals surface area contributed by atoms with Crippen LogP contribution in [0.2, 0.25) is 0 Å². The van der Waals surface area contributed by atoms with Crippen LogP contribution in [-0.4, -0.2) is 39.3 Å². The van der Waals surface area contributed by atoms with E-state index in [0.717, 1.165) is 0 Å². The normalized spacial score (nSPS) is 10.9. The summed E-state index contributed by atoms with van der Waals surface area (Å²) >= 11 is 0. The van der Waals surface area contributed by atoms with Crippen molar-refractivity contribution >= 4 is 28.1 Å². The number of nitrogens with one attached hydrogen (secondary N) is 1. The number of carbonyl (C=O) groups excluding carboxylic acids is 1. The first-order chi connectivity index (χ1) is 13.6. The first kappa shape index (κ1) is 17.5. The molecule has 1 N–H and O–H groups in total. The molecule has 0 saturated carbocycles. The summed E-state index contributed by atoms with van der Waals surface area (Å²) in [5, 5.41) is 7.30. The van der Waals surface area contributed by atoms with Crippen LogP contribution >= 0.6 is 0 Å². The van der Waals surface area contributed by atoms with Gasteiger partial charge in [0.05, 0.1) is 37.0 Å². The van der Waals surface area contributed by atoms with Gasteiger partial charge in [0, 0.05) is 24.5 Å². The van der Waals surface area contributed by atoms with Crippen LogP contribution in [0, 0.1) is 0 Å². The molecular formula is C19H17N5O4. The molecule has 0 atom stereocenters. The summed E-state index contributed by atoms with van der Waals surface area (Å²) in [5.41, 5.74) is 1.45. The van der Waals surface area contributed by atoms with Crippen molar-refractivity contribution in [3.8, 4) is 11.5 Å². The molecule has 3 aromatic heterocycles. The number of fused-ring (bicyclic) bond motifs is 3. The Labute approximate surface area is 159 Å². The van der Waals surface area contributed by atoms with Crippen molar-refractivity contribution in [1.29, 1.82) is 0 Å². The van der Waals surface area contributed by atoms with E-state index in [0.29, 0.717) is 33.7 Å². The van der Waals surface area contributed by atoms with Crippen LogP contribution in [0.3, 0.4) is 0 Å². The third kappa shape index (κ3) is 3.02. The van der Waals surface area contributed by atoms with Gasteiger partial charge in [-0.25, -0.2) is 9.50 Å². The standard InChI is InChI=1S/C19H17N5O4/c1-27-12-3-4-14(16(9-12)28-2)22-18(25)11-23-8-6-15-13(19(23)26)10-20-17-5-7-21-24(15)17/h3-10H,11H2,1-2H3,(H,22,25). The second kappa shape index (κ2) is 7.03. The van der Waals surface area contributed by atoms with Crippen molar-refractivity contribution in [3.05, 3.63) is 59.3 Å². The summed E-state index contributed by atoms with van der Waals surface area (Å²) in [4.78, 5) is 29.4. The molecule has 0 spiro atoms. The van der Waals surface area contributed by atoms with Crippen molar-refractivity contribution in [2.45, 2.75) is 6.54 Å². The van der Waals surface area contributed by atoms with Gasteiger partial charge in [-0.2, -0.15) is 5.10 Å². The number of hydrogen-bond donors (Lipinski definition) is 1. The molecule has 4 rings (SSSR count). The fourth-order valence-corrected chi connectivity index (χ4v) is 2.97. The number of rotatable bonds is 5. The van der Waals surface area contributed by atoms with Crippen LogP contribution < -0.4 is 20.3 Å². The van der Waals surface area contributed by atoms with E-state index >= 15 is 0 Å². The van der Waals surface area contributed by atoms with Gasteiger partial charge in [-0.3, -0.25) is 9.59 Å². The van der Waals surface area contributed by atoms with E-state index in [4.69, 9.17) is 9.47 Å². The van der Waals surface area contributed by atoms with Crippen molar-refractivity contribution in [3.63, 3.8) is 0 Å². The van der Waals surface area contributed by atoms with E-state index < -0.39 is 0 Å². The van der Waals surface area contributed by atoms with Gasteiger partial charge in [-0.05, 0) is 18.2 Å². The summed E-state index contributed by atoms with van der Waals surface area (Å²) in [6.07, 6.45) is 4.68. The maximum absolute atomic E-state index is 12.7. The van der Waals surface area contributed by atoms with E-state index in [1.165, 1.54) is 17.9 Å². The minimum absolute atomic E-state index is 0.152. The molecule has 28 heavy (non-hydrogen) atoms. The van der Waals surface area contributed by atoms with E-state index in [1.807, 2.05) is 0 Å². The van der Waals surface area contributed by atoms with Crippen LogP contribution in [0.4, 0.5) is 5.69 Å². The highest BCUT2D eigenvalue weighted by molar-refractivity contribution is 5.92. The first-order valence-electron chi connectivity index (χ1n) is 8.44. The average molecular weight is 379 g/mol. The third-order valence-electron chi connectivity index (χ3n) is 4.35. The smallest absolute Gasteiger partial charge is 0.262 e. The number of hydrogen-bond acceptors (Lipinski definition) is 6. The number of methoxy groups -OCH3 is 2. The van der Waals surface area contributed by atoms with Crippen molar-refractivity contribution < 1.29 is 14.3 Å². The predicted octanol–water partition coefficient (Wildman–Crippen LogP) is 1.70. The molecule has 0 radical (unpaired) electrons. The van der Waals surface area contributed by atoms with Gasteiger partial charge in [0.25, 0.3) is 5.56 Å². The van der Waals surface area contributed by atoms with Gasteiger partial charge in [-0.1, -0.05) is 0 Å². The number of anilines is 1. The Balaban J connectivity index is 1.61. The number of amides is 1. The molecule has 0 aliphatic rings. The Bertz CT molecular complexity index is 1240. The van der Waals surface area contributed by atoms with Gasteiger partial charge in [-0.15, -0.1) is 0 Å². The highest BCUT2D eigenvalue weighted by Crippen LogP contribution is 2.28. The molecule has 0 fully saturated rings. The maximum atomic E-state index is 12.7. The number of carbonyl (C=O) groups is 1. The highest BCUT2D eigenvalue weighted by atomic mass is 16.5. The minimum Gasteiger partial charge on any atom is -0.497 e. The molecule has 3 heterocycles. The van der Waals surface area contributed by atoms with Gasteiger partial charge >= 0.3 is 0 Å². The van der Waals surface area contributed by atoms with Gasteiger partial charge in [0.2, 0.25) is 5.91 Å². The second-order valence-electron chi connectivity index (χ2n) is 6.02. The zero-order chi connectivity index (χ0) is 19.7. The molecule has 142 valence electrons. The quantitative estimate of drug-likeness (QED) is 0.567. The number of ether oxygens (including phenoxy) is 2. The lowest BCUT2D eigenvalue weighted by Gasteiger charge is -2.12. The fourth-order valence-electron chi connectivity index (χ4n) is 2.97. The first-order valence-corrected chi connectivity index (χ1v) is 8.44. The molecule has 0 unspecified atom stereocenters.